The molecule has 2 aromatic carbocycles. The molecule has 0 bridgehead atoms. The first-order valence-electron chi connectivity index (χ1n) is 6.16. The SMILES string of the molecule is O=C1OC(c2ccccc2Br)=N/C1=C/c1ccc(I)cc1. The summed E-state index contributed by atoms with van der Waals surface area (Å²) in [7, 11) is 0. The van der Waals surface area contributed by atoms with E-state index in [9.17, 15) is 4.79 Å². The molecule has 0 saturated heterocycles. The second-order valence-corrected chi connectivity index (χ2v) is 6.47. The first-order valence-corrected chi connectivity index (χ1v) is 8.04. The second kappa shape index (κ2) is 6.11. The summed E-state index contributed by atoms with van der Waals surface area (Å²) in [6.07, 6.45) is 1.72. The van der Waals surface area contributed by atoms with Gasteiger partial charge in [-0.05, 0) is 74.4 Å². The topological polar surface area (TPSA) is 38.7 Å². The highest BCUT2D eigenvalue weighted by molar-refractivity contribution is 14.1. The number of hydrogen-bond donors (Lipinski definition) is 0. The van der Waals surface area contributed by atoms with Gasteiger partial charge in [-0.2, -0.15) is 0 Å². The molecule has 0 saturated carbocycles. The first-order chi connectivity index (χ1) is 10.1. The van der Waals surface area contributed by atoms with E-state index in [1.807, 2.05) is 48.5 Å². The molecule has 0 aliphatic carbocycles. The predicted molar refractivity (Wildman–Crippen MR) is 93.9 cm³/mol. The van der Waals surface area contributed by atoms with E-state index in [0.717, 1.165) is 19.2 Å². The molecule has 0 radical (unpaired) electrons. The largest absolute Gasteiger partial charge is 0.402 e. The number of carbonyl (C=O) groups is 1. The number of carbonyl (C=O) groups excluding carboxylic acids is 1. The molecule has 0 spiro atoms. The lowest BCUT2D eigenvalue weighted by atomic mass is 10.2. The van der Waals surface area contributed by atoms with Gasteiger partial charge in [0.25, 0.3) is 0 Å². The Bertz CT molecular complexity index is 766. The van der Waals surface area contributed by atoms with Crippen LogP contribution < -0.4 is 0 Å². The number of nitrogens with zero attached hydrogens (tertiary/aromatic N) is 1. The van der Waals surface area contributed by atoms with Gasteiger partial charge in [-0.1, -0.05) is 24.3 Å². The maximum atomic E-state index is 11.9. The molecule has 0 atom stereocenters. The standard InChI is InChI=1S/C16H9BrINO2/c17-13-4-2-1-3-12(13)15-19-14(16(20)21-15)9-10-5-7-11(18)8-6-10/h1-9H/b14-9+. The maximum Gasteiger partial charge on any atom is 0.363 e. The van der Waals surface area contributed by atoms with Crippen molar-refractivity contribution >= 4 is 56.5 Å². The summed E-state index contributed by atoms with van der Waals surface area (Å²) in [5.74, 6) is -0.108. The van der Waals surface area contributed by atoms with Crippen molar-refractivity contribution in [2.24, 2.45) is 4.99 Å². The van der Waals surface area contributed by atoms with Crippen LogP contribution >= 0.6 is 38.5 Å². The van der Waals surface area contributed by atoms with Gasteiger partial charge in [-0.3, -0.25) is 0 Å². The number of cyclic esters (lactones) is 1. The first kappa shape index (κ1) is 14.5. The summed E-state index contributed by atoms with van der Waals surface area (Å²) in [5, 5.41) is 0. The van der Waals surface area contributed by atoms with Crippen LogP contribution in [0.15, 0.2) is 63.7 Å². The fourth-order valence-electron chi connectivity index (χ4n) is 1.88. The van der Waals surface area contributed by atoms with Crippen LogP contribution in [0.1, 0.15) is 11.1 Å². The number of benzene rings is 2. The number of rotatable bonds is 2. The Kier molecular flexibility index (Phi) is 4.21. The van der Waals surface area contributed by atoms with Crippen LogP contribution in [0.5, 0.6) is 0 Å². The lowest BCUT2D eigenvalue weighted by molar-refractivity contribution is -0.129. The van der Waals surface area contributed by atoms with Crippen LogP contribution in [0.4, 0.5) is 0 Å². The highest BCUT2D eigenvalue weighted by Gasteiger charge is 2.25. The van der Waals surface area contributed by atoms with E-state index < -0.39 is 5.97 Å². The molecule has 0 aromatic heterocycles. The molecule has 5 heteroatoms. The molecule has 3 nitrogen and oxygen atoms in total. The number of aliphatic imine (C=N–C) groups is 1. The van der Waals surface area contributed by atoms with Crippen LogP contribution in [0.3, 0.4) is 0 Å². The van der Waals surface area contributed by atoms with Gasteiger partial charge in [0.1, 0.15) is 0 Å². The summed E-state index contributed by atoms with van der Waals surface area (Å²) in [5.41, 5.74) is 1.98. The second-order valence-electron chi connectivity index (χ2n) is 4.37. The monoisotopic (exact) mass is 453 g/mol. The Morgan fingerprint density at radius 3 is 2.52 bits per heavy atom. The molecule has 0 fully saturated rings. The minimum absolute atomic E-state index is 0.307. The minimum atomic E-state index is -0.431. The van der Waals surface area contributed by atoms with Crippen molar-refractivity contribution in [3.63, 3.8) is 0 Å². The van der Waals surface area contributed by atoms with Crippen molar-refractivity contribution in [1.29, 1.82) is 0 Å². The van der Waals surface area contributed by atoms with Gasteiger partial charge in [0.15, 0.2) is 5.70 Å². The Morgan fingerprint density at radius 2 is 1.81 bits per heavy atom. The zero-order valence-corrected chi connectivity index (χ0v) is 14.5. The maximum absolute atomic E-state index is 11.9. The molecule has 104 valence electrons. The molecule has 3 rings (SSSR count). The van der Waals surface area contributed by atoms with Crippen LogP contribution in [0, 0.1) is 3.57 Å². The van der Waals surface area contributed by atoms with Gasteiger partial charge in [-0.25, -0.2) is 9.79 Å². The van der Waals surface area contributed by atoms with Crippen LogP contribution in [0.25, 0.3) is 6.08 Å². The van der Waals surface area contributed by atoms with Crippen molar-refractivity contribution in [2.75, 3.05) is 0 Å². The normalized spacial score (nSPS) is 16.0. The molecule has 21 heavy (non-hydrogen) atoms. The molecule has 0 N–H and O–H groups in total. The van der Waals surface area contributed by atoms with E-state index in [2.05, 4.69) is 43.5 Å². The van der Waals surface area contributed by atoms with Gasteiger partial charge >= 0.3 is 5.97 Å². The third kappa shape index (κ3) is 3.24. The number of esters is 1. The quantitative estimate of drug-likeness (QED) is 0.384. The van der Waals surface area contributed by atoms with Crippen molar-refractivity contribution in [3.05, 3.63) is 73.4 Å². The van der Waals surface area contributed by atoms with Crippen molar-refractivity contribution in [1.82, 2.24) is 0 Å². The number of halogens is 2. The van der Waals surface area contributed by atoms with E-state index in [1.54, 1.807) is 6.08 Å². The zero-order chi connectivity index (χ0) is 14.8. The van der Waals surface area contributed by atoms with Gasteiger partial charge in [0.2, 0.25) is 5.90 Å². The summed E-state index contributed by atoms with van der Waals surface area (Å²) in [4.78, 5) is 16.2. The highest BCUT2D eigenvalue weighted by atomic mass is 127. The van der Waals surface area contributed by atoms with Gasteiger partial charge in [0.05, 0.1) is 5.56 Å². The Morgan fingerprint density at radius 1 is 1.10 bits per heavy atom. The molecule has 1 aliphatic rings. The van der Waals surface area contributed by atoms with Gasteiger partial charge in [-0.15, -0.1) is 0 Å². The van der Waals surface area contributed by atoms with Crippen molar-refractivity contribution in [2.45, 2.75) is 0 Å². The van der Waals surface area contributed by atoms with Gasteiger partial charge in [0, 0.05) is 8.04 Å². The van der Waals surface area contributed by atoms with Crippen LogP contribution in [0.2, 0.25) is 0 Å². The Labute approximate surface area is 144 Å². The van der Waals surface area contributed by atoms with Crippen LogP contribution in [-0.2, 0) is 9.53 Å². The minimum Gasteiger partial charge on any atom is -0.402 e. The summed E-state index contributed by atoms with van der Waals surface area (Å²) < 4.78 is 7.23. The molecule has 1 heterocycles. The lowest BCUT2D eigenvalue weighted by Gasteiger charge is -2.01. The third-order valence-corrected chi connectivity index (χ3v) is 4.31. The summed E-state index contributed by atoms with van der Waals surface area (Å²) in [6, 6.07) is 15.3. The van der Waals surface area contributed by atoms with Gasteiger partial charge < -0.3 is 4.74 Å². The molecule has 0 amide bonds. The van der Waals surface area contributed by atoms with E-state index >= 15 is 0 Å². The predicted octanol–water partition coefficient (Wildman–Crippen LogP) is 4.40. The van der Waals surface area contributed by atoms with E-state index in [4.69, 9.17) is 4.74 Å². The fraction of sp³-hybridized carbons (Fsp3) is 0. The van der Waals surface area contributed by atoms with E-state index in [0.29, 0.717) is 11.6 Å². The fourth-order valence-corrected chi connectivity index (χ4v) is 2.69. The number of ether oxygens (including phenoxy) is 1. The smallest absolute Gasteiger partial charge is 0.363 e. The lowest BCUT2D eigenvalue weighted by Crippen LogP contribution is -2.05. The molecular weight excluding hydrogens is 445 g/mol. The van der Waals surface area contributed by atoms with Crippen LogP contribution in [-0.4, -0.2) is 11.9 Å². The summed E-state index contributed by atoms with van der Waals surface area (Å²) in [6.45, 7) is 0. The molecule has 0 unspecified atom stereocenters. The molecular formula is C16H9BrINO2. The Balaban J connectivity index is 1.96. The average Bonchev–Trinajstić information content (AvgIpc) is 2.83. The van der Waals surface area contributed by atoms with E-state index in [-0.39, 0.29) is 0 Å². The third-order valence-electron chi connectivity index (χ3n) is 2.90. The highest BCUT2D eigenvalue weighted by Crippen LogP contribution is 2.24. The van der Waals surface area contributed by atoms with E-state index in [1.165, 1.54) is 0 Å². The average molecular weight is 454 g/mol. The summed E-state index contributed by atoms with van der Waals surface area (Å²) >= 11 is 5.66. The molecule has 1 aliphatic heterocycles. The van der Waals surface area contributed by atoms with Crippen molar-refractivity contribution in [3.8, 4) is 0 Å². The molecule has 2 aromatic rings. The zero-order valence-electron chi connectivity index (χ0n) is 10.7. The van der Waals surface area contributed by atoms with Crippen molar-refractivity contribution < 1.29 is 9.53 Å². The Hall–Kier alpha value is -1.47. The number of hydrogen-bond acceptors (Lipinski definition) is 3.